The van der Waals surface area contributed by atoms with Gasteiger partial charge in [0.1, 0.15) is 0 Å². The lowest BCUT2D eigenvalue weighted by molar-refractivity contribution is -0.122. The summed E-state index contributed by atoms with van der Waals surface area (Å²) < 4.78 is 0. The summed E-state index contributed by atoms with van der Waals surface area (Å²) in [4.78, 5) is 12.6. The Morgan fingerprint density at radius 2 is 1.84 bits per heavy atom. The van der Waals surface area contributed by atoms with Crippen molar-refractivity contribution in [3.63, 3.8) is 0 Å². The number of allylic oxidation sites excluding steroid dienone is 1. The van der Waals surface area contributed by atoms with E-state index >= 15 is 0 Å². The van der Waals surface area contributed by atoms with E-state index in [9.17, 15) is 4.79 Å². The van der Waals surface area contributed by atoms with Crippen LogP contribution < -0.4 is 0 Å². The summed E-state index contributed by atoms with van der Waals surface area (Å²) in [5, 5.41) is 0.727. The molecule has 1 nitrogen and oxygen atoms in total. The second-order valence-corrected chi connectivity index (χ2v) is 6.28. The zero-order valence-corrected chi connectivity index (χ0v) is 12.6. The van der Waals surface area contributed by atoms with Crippen LogP contribution in [0.4, 0.5) is 0 Å². The number of carbonyl (C=O) groups is 1. The lowest BCUT2D eigenvalue weighted by atomic mass is 9.73. The van der Waals surface area contributed by atoms with Gasteiger partial charge < -0.3 is 0 Å². The summed E-state index contributed by atoms with van der Waals surface area (Å²) >= 11 is 5.89. The van der Waals surface area contributed by atoms with Crippen LogP contribution in [0.5, 0.6) is 0 Å². The van der Waals surface area contributed by atoms with Gasteiger partial charge in [-0.15, -0.1) is 0 Å². The molecule has 0 aliphatic heterocycles. The fraction of sp³-hybridized carbons (Fsp3) is 0.471. The van der Waals surface area contributed by atoms with Crippen molar-refractivity contribution in [2.45, 2.75) is 33.6 Å². The molecule has 0 amide bonds. The fourth-order valence-corrected chi connectivity index (χ4v) is 2.89. The molecule has 0 saturated heterocycles. The largest absolute Gasteiger partial charge is 0.294 e. The van der Waals surface area contributed by atoms with Crippen molar-refractivity contribution < 1.29 is 4.79 Å². The minimum atomic E-state index is 0.190. The summed E-state index contributed by atoms with van der Waals surface area (Å²) in [6.45, 7) is 6.42. The van der Waals surface area contributed by atoms with Gasteiger partial charge in [0.2, 0.25) is 0 Å². The van der Waals surface area contributed by atoms with Crippen LogP contribution >= 0.6 is 11.6 Å². The average Bonchev–Trinajstić information content (AvgIpc) is 2.36. The summed E-state index contributed by atoms with van der Waals surface area (Å²) in [7, 11) is 0. The van der Waals surface area contributed by atoms with E-state index in [0.29, 0.717) is 17.6 Å². The molecule has 0 aromatic heterocycles. The smallest absolute Gasteiger partial charge is 0.162 e. The molecule has 0 heterocycles. The molecule has 1 aliphatic rings. The van der Waals surface area contributed by atoms with Crippen LogP contribution in [0, 0.1) is 17.8 Å². The zero-order valence-electron chi connectivity index (χ0n) is 11.8. The minimum absolute atomic E-state index is 0.190. The number of Topliss-reactive ketones (excluding diaryl/α,β-unsaturated/α-hetero) is 1. The van der Waals surface area contributed by atoms with Crippen molar-refractivity contribution in [3.05, 3.63) is 40.4 Å². The molecule has 2 atom stereocenters. The average molecular weight is 277 g/mol. The maximum absolute atomic E-state index is 12.6. The van der Waals surface area contributed by atoms with Gasteiger partial charge in [-0.25, -0.2) is 0 Å². The molecule has 2 rings (SSSR count). The second kappa shape index (κ2) is 5.92. The van der Waals surface area contributed by atoms with E-state index in [1.165, 1.54) is 0 Å². The highest BCUT2D eigenvalue weighted by Gasteiger charge is 2.32. The van der Waals surface area contributed by atoms with Crippen LogP contribution in [0.25, 0.3) is 6.08 Å². The number of rotatable bonds is 2. The maximum atomic E-state index is 12.6. The molecule has 1 aliphatic carbocycles. The molecule has 1 fully saturated rings. The van der Waals surface area contributed by atoms with Gasteiger partial charge in [-0.3, -0.25) is 4.79 Å². The number of carbonyl (C=O) groups excluding carboxylic acids is 1. The van der Waals surface area contributed by atoms with Crippen LogP contribution in [0.1, 0.15) is 39.2 Å². The predicted molar refractivity (Wildman–Crippen MR) is 81.2 cm³/mol. The van der Waals surface area contributed by atoms with E-state index in [0.717, 1.165) is 29.0 Å². The number of halogens is 1. The van der Waals surface area contributed by atoms with E-state index < -0.39 is 0 Å². The third-order valence-corrected chi connectivity index (χ3v) is 4.31. The molecular weight excluding hydrogens is 256 g/mol. The lowest BCUT2D eigenvalue weighted by Gasteiger charge is -2.30. The molecule has 102 valence electrons. The molecule has 1 aromatic carbocycles. The van der Waals surface area contributed by atoms with Crippen molar-refractivity contribution in [1.82, 2.24) is 0 Å². The number of hydrogen-bond donors (Lipinski definition) is 0. The summed E-state index contributed by atoms with van der Waals surface area (Å²) in [6, 6.07) is 7.67. The van der Waals surface area contributed by atoms with Gasteiger partial charge in [-0.05, 0) is 54.0 Å². The standard InChI is InChI=1S/C17H21ClO/c1-11(2)15-9-4-12(3)16(17(15)19)10-13-5-7-14(18)8-6-13/h5-8,10-12,15H,4,9H2,1-3H3/t12-,15+/m1/s1. The van der Waals surface area contributed by atoms with Crippen LogP contribution in [0.15, 0.2) is 29.8 Å². The molecule has 0 radical (unpaired) electrons. The lowest BCUT2D eigenvalue weighted by Crippen LogP contribution is -2.30. The molecule has 2 heteroatoms. The monoisotopic (exact) mass is 276 g/mol. The number of benzene rings is 1. The van der Waals surface area contributed by atoms with Gasteiger partial charge in [-0.2, -0.15) is 0 Å². The summed E-state index contributed by atoms with van der Waals surface area (Å²) in [5.74, 6) is 1.31. The Morgan fingerprint density at radius 1 is 1.21 bits per heavy atom. The molecule has 0 spiro atoms. The highest BCUT2D eigenvalue weighted by atomic mass is 35.5. The fourth-order valence-electron chi connectivity index (χ4n) is 2.76. The first-order valence-corrected chi connectivity index (χ1v) is 7.38. The topological polar surface area (TPSA) is 17.1 Å². The summed E-state index contributed by atoms with van der Waals surface area (Å²) in [5.41, 5.74) is 2.04. The Labute approximate surface area is 120 Å². The molecule has 1 saturated carbocycles. The predicted octanol–water partition coefficient (Wildman–Crippen LogP) is 4.99. The second-order valence-electron chi connectivity index (χ2n) is 5.84. The molecule has 0 unspecified atom stereocenters. The highest BCUT2D eigenvalue weighted by molar-refractivity contribution is 6.30. The van der Waals surface area contributed by atoms with Crippen LogP contribution in [0.3, 0.4) is 0 Å². The molecule has 0 bridgehead atoms. The Hall–Kier alpha value is -1.08. The Bertz CT molecular complexity index is 484. The van der Waals surface area contributed by atoms with E-state index in [4.69, 9.17) is 11.6 Å². The summed E-state index contributed by atoms with van der Waals surface area (Å²) in [6.07, 6.45) is 4.17. The van der Waals surface area contributed by atoms with E-state index in [2.05, 4.69) is 20.8 Å². The van der Waals surface area contributed by atoms with Crippen molar-refractivity contribution in [2.75, 3.05) is 0 Å². The van der Waals surface area contributed by atoms with Gasteiger partial charge >= 0.3 is 0 Å². The molecule has 0 N–H and O–H groups in total. The molecule has 1 aromatic rings. The zero-order chi connectivity index (χ0) is 14.0. The quantitative estimate of drug-likeness (QED) is 0.695. The van der Waals surface area contributed by atoms with E-state index in [1.54, 1.807) is 0 Å². The third kappa shape index (κ3) is 3.27. The first kappa shape index (κ1) is 14.3. The van der Waals surface area contributed by atoms with Gasteiger partial charge in [0, 0.05) is 10.9 Å². The van der Waals surface area contributed by atoms with Gasteiger partial charge in [0.15, 0.2) is 5.78 Å². The van der Waals surface area contributed by atoms with Gasteiger partial charge in [0.05, 0.1) is 0 Å². The Balaban J connectivity index is 2.29. The minimum Gasteiger partial charge on any atom is -0.294 e. The SMILES string of the molecule is CC(C)[C@@H]1CC[C@@H](C)C(=Cc2ccc(Cl)cc2)C1=O. The molecular formula is C17H21ClO. The van der Waals surface area contributed by atoms with Crippen molar-refractivity contribution in [1.29, 1.82) is 0 Å². The normalized spacial score (nSPS) is 26.2. The van der Waals surface area contributed by atoms with Crippen molar-refractivity contribution in [3.8, 4) is 0 Å². The maximum Gasteiger partial charge on any atom is 0.162 e. The third-order valence-electron chi connectivity index (χ3n) is 4.06. The Kier molecular flexibility index (Phi) is 4.46. The number of hydrogen-bond acceptors (Lipinski definition) is 1. The van der Waals surface area contributed by atoms with E-state index in [1.807, 2.05) is 30.3 Å². The highest BCUT2D eigenvalue weighted by Crippen LogP contribution is 2.35. The Morgan fingerprint density at radius 3 is 2.42 bits per heavy atom. The first-order chi connectivity index (χ1) is 8.99. The van der Waals surface area contributed by atoms with E-state index in [-0.39, 0.29) is 5.92 Å². The van der Waals surface area contributed by atoms with Crippen LogP contribution in [-0.4, -0.2) is 5.78 Å². The van der Waals surface area contributed by atoms with Crippen molar-refractivity contribution >= 4 is 23.5 Å². The van der Waals surface area contributed by atoms with Gasteiger partial charge in [0.25, 0.3) is 0 Å². The molecule has 19 heavy (non-hydrogen) atoms. The van der Waals surface area contributed by atoms with Crippen LogP contribution in [-0.2, 0) is 4.79 Å². The van der Waals surface area contributed by atoms with Crippen LogP contribution in [0.2, 0.25) is 5.02 Å². The van der Waals surface area contributed by atoms with Crippen molar-refractivity contribution in [2.24, 2.45) is 17.8 Å². The first-order valence-electron chi connectivity index (χ1n) is 7.00. The number of ketones is 1. The van der Waals surface area contributed by atoms with Gasteiger partial charge in [-0.1, -0.05) is 44.5 Å².